The second-order valence-electron chi connectivity index (χ2n) is 8.10. The summed E-state index contributed by atoms with van der Waals surface area (Å²) in [6.45, 7) is 4.43. The van der Waals surface area contributed by atoms with E-state index in [0.717, 1.165) is 80.0 Å². The van der Waals surface area contributed by atoms with Crippen LogP contribution in [-0.2, 0) is 6.42 Å². The van der Waals surface area contributed by atoms with Crippen LogP contribution in [-0.4, -0.2) is 65.7 Å². The van der Waals surface area contributed by atoms with Crippen molar-refractivity contribution >= 4 is 16.9 Å². The van der Waals surface area contributed by atoms with E-state index in [-0.39, 0.29) is 5.91 Å². The molecule has 0 N–H and O–H groups in total. The Morgan fingerprint density at radius 3 is 2.87 bits per heavy atom. The fraction of sp³-hybridized carbons (Fsp3) is 0.435. The largest absolute Gasteiger partial charge is 0.497 e. The van der Waals surface area contributed by atoms with Crippen molar-refractivity contribution in [2.24, 2.45) is 0 Å². The lowest BCUT2D eigenvalue weighted by molar-refractivity contribution is 0.0703. The number of fused-ring (bicyclic) bond motifs is 2. The van der Waals surface area contributed by atoms with E-state index >= 15 is 0 Å². The Morgan fingerprint density at radius 2 is 2.03 bits per heavy atom. The molecule has 0 atom stereocenters. The van der Waals surface area contributed by atoms with Gasteiger partial charge in [0.15, 0.2) is 5.58 Å². The van der Waals surface area contributed by atoms with E-state index in [1.165, 1.54) is 0 Å². The predicted molar refractivity (Wildman–Crippen MR) is 113 cm³/mol. The normalized spacial score (nSPS) is 18.0. The Bertz CT molecular complexity index is 1060. The highest BCUT2D eigenvalue weighted by atomic mass is 16.5. The molecule has 7 nitrogen and oxygen atoms in total. The zero-order valence-corrected chi connectivity index (χ0v) is 17.2. The van der Waals surface area contributed by atoms with E-state index < -0.39 is 0 Å². The lowest BCUT2D eigenvalue weighted by Crippen LogP contribution is -2.44. The van der Waals surface area contributed by atoms with Crippen LogP contribution in [0.25, 0.3) is 11.0 Å². The van der Waals surface area contributed by atoms with E-state index in [9.17, 15) is 4.79 Å². The summed E-state index contributed by atoms with van der Waals surface area (Å²) in [5.74, 6) is 1.28. The van der Waals surface area contributed by atoms with Gasteiger partial charge < -0.3 is 19.1 Å². The average Bonchev–Trinajstić information content (AvgIpc) is 3.22. The van der Waals surface area contributed by atoms with Crippen LogP contribution in [0, 0.1) is 0 Å². The number of carbonyl (C=O) groups excluding carboxylic acids is 1. The first kappa shape index (κ1) is 19.1. The third-order valence-electron chi connectivity index (χ3n) is 6.40. The van der Waals surface area contributed by atoms with Crippen LogP contribution in [0.5, 0.6) is 5.75 Å². The third kappa shape index (κ3) is 3.54. The second-order valence-corrected chi connectivity index (χ2v) is 8.10. The molecule has 0 aliphatic carbocycles. The molecular formula is C23H26N4O3. The molecule has 4 heterocycles. The molecule has 0 radical (unpaired) electrons. The number of amides is 1. The van der Waals surface area contributed by atoms with Gasteiger partial charge in [-0.3, -0.25) is 9.78 Å². The SMILES string of the molecule is COc1ccc2onc(C3CCN(CCN4CCc5cccnc5C4=O)CC3)c2c1. The lowest BCUT2D eigenvalue weighted by atomic mass is 9.91. The van der Waals surface area contributed by atoms with E-state index in [4.69, 9.17) is 9.26 Å². The Labute approximate surface area is 175 Å². The van der Waals surface area contributed by atoms with Crippen molar-refractivity contribution < 1.29 is 14.1 Å². The number of rotatable bonds is 5. The Morgan fingerprint density at radius 1 is 1.17 bits per heavy atom. The minimum atomic E-state index is 0.0646. The molecular weight excluding hydrogens is 380 g/mol. The number of piperidine rings is 1. The summed E-state index contributed by atoms with van der Waals surface area (Å²) in [7, 11) is 1.68. The molecule has 7 heteroatoms. The van der Waals surface area contributed by atoms with Crippen LogP contribution < -0.4 is 4.74 Å². The quantitative estimate of drug-likeness (QED) is 0.648. The highest BCUT2D eigenvalue weighted by Gasteiger charge is 2.28. The summed E-state index contributed by atoms with van der Waals surface area (Å²) in [6, 6.07) is 9.74. The molecule has 30 heavy (non-hydrogen) atoms. The molecule has 0 spiro atoms. The number of nitrogens with zero attached hydrogens (tertiary/aromatic N) is 4. The van der Waals surface area contributed by atoms with Crippen LogP contribution in [0.1, 0.15) is 40.5 Å². The molecule has 3 aromatic rings. The van der Waals surface area contributed by atoms with E-state index in [1.807, 2.05) is 35.2 Å². The predicted octanol–water partition coefficient (Wildman–Crippen LogP) is 3.11. The average molecular weight is 406 g/mol. The summed E-state index contributed by atoms with van der Waals surface area (Å²) in [5, 5.41) is 5.41. The highest BCUT2D eigenvalue weighted by Crippen LogP contribution is 2.34. The molecule has 0 saturated carbocycles. The highest BCUT2D eigenvalue weighted by molar-refractivity contribution is 5.94. The monoisotopic (exact) mass is 406 g/mol. The smallest absolute Gasteiger partial charge is 0.272 e. The molecule has 5 rings (SSSR count). The summed E-state index contributed by atoms with van der Waals surface area (Å²) in [6.07, 6.45) is 4.67. The van der Waals surface area contributed by atoms with Crippen molar-refractivity contribution in [1.29, 1.82) is 0 Å². The number of methoxy groups -OCH3 is 1. The zero-order chi connectivity index (χ0) is 20.5. The van der Waals surface area contributed by atoms with Gasteiger partial charge in [-0.15, -0.1) is 0 Å². The number of carbonyl (C=O) groups is 1. The first-order valence-electron chi connectivity index (χ1n) is 10.6. The molecule has 156 valence electrons. The zero-order valence-electron chi connectivity index (χ0n) is 17.2. The van der Waals surface area contributed by atoms with E-state index in [0.29, 0.717) is 11.6 Å². The molecule has 2 aliphatic heterocycles. The molecule has 0 unspecified atom stereocenters. The summed E-state index contributed by atoms with van der Waals surface area (Å²) in [5.41, 5.74) is 3.54. The van der Waals surface area contributed by atoms with Crippen LogP contribution >= 0.6 is 0 Å². The molecule has 1 fully saturated rings. The summed E-state index contributed by atoms with van der Waals surface area (Å²) >= 11 is 0. The lowest BCUT2D eigenvalue weighted by Gasteiger charge is -2.34. The number of aromatic nitrogens is 2. The van der Waals surface area contributed by atoms with Gasteiger partial charge in [0.2, 0.25) is 0 Å². The Kier molecular flexibility index (Phi) is 5.12. The van der Waals surface area contributed by atoms with Crippen molar-refractivity contribution in [3.63, 3.8) is 0 Å². The van der Waals surface area contributed by atoms with Crippen LogP contribution in [0.4, 0.5) is 0 Å². The number of pyridine rings is 1. The molecule has 1 aromatic carbocycles. The third-order valence-corrected chi connectivity index (χ3v) is 6.40. The summed E-state index contributed by atoms with van der Waals surface area (Å²) in [4.78, 5) is 21.4. The Balaban J connectivity index is 1.18. The van der Waals surface area contributed by atoms with Crippen molar-refractivity contribution in [1.82, 2.24) is 19.9 Å². The van der Waals surface area contributed by atoms with E-state index in [1.54, 1.807) is 13.3 Å². The van der Waals surface area contributed by atoms with Gasteiger partial charge in [-0.05, 0) is 62.2 Å². The van der Waals surface area contributed by atoms with Crippen molar-refractivity contribution in [2.45, 2.75) is 25.2 Å². The standard InChI is InChI=1S/C23H26N4O3/c1-29-18-4-5-20-19(15-18)21(25-30-20)17-6-10-26(11-7-17)13-14-27-12-8-16-3-2-9-24-22(16)23(27)28/h2-5,9,15,17H,6-8,10-14H2,1H3. The Hall–Kier alpha value is -2.93. The van der Waals surface area contributed by atoms with Crippen LogP contribution in [0.15, 0.2) is 41.1 Å². The number of likely N-dealkylation sites (tertiary alicyclic amines) is 1. The van der Waals surface area contributed by atoms with Crippen molar-refractivity contribution in [3.05, 3.63) is 53.5 Å². The first-order valence-corrected chi connectivity index (χ1v) is 10.6. The number of hydrogen-bond donors (Lipinski definition) is 0. The molecule has 0 bridgehead atoms. The van der Waals surface area contributed by atoms with Gasteiger partial charge in [-0.1, -0.05) is 11.2 Å². The maximum absolute atomic E-state index is 12.7. The number of hydrogen-bond acceptors (Lipinski definition) is 6. The van der Waals surface area contributed by atoms with Gasteiger partial charge >= 0.3 is 0 Å². The van der Waals surface area contributed by atoms with Gasteiger partial charge in [0.1, 0.15) is 11.4 Å². The van der Waals surface area contributed by atoms with Crippen LogP contribution in [0.3, 0.4) is 0 Å². The van der Waals surface area contributed by atoms with Crippen molar-refractivity contribution in [3.8, 4) is 5.75 Å². The molecule has 2 aliphatic rings. The van der Waals surface area contributed by atoms with Crippen LogP contribution in [0.2, 0.25) is 0 Å². The fourth-order valence-electron chi connectivity index (χ4n) is 4.60. The minimum absolute atomic E-state index is 0.0646. The number of ether oxygens (including phenoxy) is 1. The van der Waals surface area contributed by atoms with Gasteiger partial charge in [0.25, 0.3) is 5.91 Å². The molecule has 2 aromatic heterocycles. The maximum atomic E-state index is 12.7. The topological polar surface area (TPSA) is 71.7 Å². The van der Waals surface area contributed by atoms with Gasteiger partial charge in [0, 0.05) is 37.1 Å². The second kappa shape index (κ2) is 8.07. The van der Waals surface area contributed by atoms with Gasteiger partial charge in [-0.2, -0.15) is 0 Å². The first-order chi connectivity index (χ1) is 14.7. The maximum Gasteiger partial charge on any atom is 0.272 e. The fourth-order valence-corrected chi connectivity index (χ4v) is 4.60. The number of benzene rings is 1. The molecule has 1 saturated heterocycles. The summed E-state index contributed by atoms with van der Waals surface area (Å²) < 4.78 is 10.9. The van der Waals surface area contributed by atoms with E-state index in [2.05, 4.69) is 15.0 Å². The minimum Gasteiger partial charge on any atom is -0.497 e. The van der Waals surface area contributed by atoms with Crippen molar-refractivity contribution in [2.75, 3.05) is 39.8 Å². The van der Waals surface area contributed by atoms with Gasteiger partial charge in [-0.25, -0.2) is 0 Å². The molecule has 1 amide bonds. The van der Waals surface area contributed by atoms with Gasteiger partial charge in [0.05, 0.1) is 12.8 Å².